The van der Waals surface area contributed by atoms with Gasteiger partial charge >= 0.3 is 5.97 Å². The second-order valence-electron chi connectivity index (χ2n) is 6.07. The Morgan fingerprint density at radius 2 is 1.76 bits per heavy atom. The van der Waals surface area contributed by atoms with Gasteiger partial charge in [-0.15, -0.1) is 0 Å². The molecule has 0 aromatic rings. The van der Waals surface area contributed by atoms with Crippen LogP contribution < -0.4 is 0 Å². The van der Waals surface area contributed by atoms with Crippen LogP contribution in [0.15, 0.2) is 0 Å². The SMILES string of the molecule is CC(C)N1CCC(C(=O)O)(C2CCCC2)CC1. The fourth-order valence-electron chi connectivity index (χ4n) is 3.71. The minimum atomic E-state index is -0.534. The average Bonchev–Trinajstić information content (AvgIpc) is 2.82. The van der Waals surface area contributed by atoms with Gasteiger partial charge in [0.1, 0.15) is 0 Å². The number of hydrogen-bond acceptors (Lipinski definition) is 2. The first-order valence-corrected chi connectivity index (χ1v) is 7.04. The lowest BCUT2D eigenvalue weighted by Gasteiger charge is -2.43. The Labute approximate surface area is 104 Å². The van der Waals surface area contributed by atoms with Crippen molar-refractivity contribution in [2.24, 2.45) is 11.3 Å². The number of rotatable bonds is 3. The molecule has 2 aliphatic rings. The van der Waals surface area contributed by atoms with E-state index in [1.54, 1.807) is 0 Å². The minimum Gasteiger partial charge on any atom is -0.481 e. The standard InChI is InChI=1S/C14H25NO2/c1-11(2)15-9-7-14(8-10-15,13(16)17)12-5-3-4-6-12/h11-12H,3-10H2,1-2H3,(H,16,17). The molecule has 0 radical (unpaired) electrons. The normalized spacial score (nSPS) is 26.5. The number of carbonyl (C=O) groups is 1. The number of piperidine rings is 1. The zero-order chi connectivity index (χ0) is 12.5. The highest BCUT2D eigenvalue weighted by Crippen LogP contribution is 2.47. The molecule has 17 heavy (non-hydrogen) atoms. The van der Waals surface area contributed by atoms with Gasteiger partial charge in [-0.3, -0.25) is 4.79 Å². The van der Waals surface area contributed by atoms with Crippen molar-refractivity contribution in [3.8, 4) is 0 Å². The van der Waals surface area contributed by atoms with E-state index in [9.17, 15) is 9.90 Å². The van der Waals surface area contributed by atoms with Crippen LogP contribution in [0.5, 0.6) is 0 Å². The third-order valence-electron chi connectivity index (χ3n) is 4.98. The zero-order valence-electron chi connectivity index (χ0n) is 11.1. The van der Waals surface area contributed by atoms with E-state index < -0.39 is 11.4 Å². The van der Waals surface area contributed by atoms with Crippen LogP contribution in [0.4, 0.5) is 0 Å². The maximum atomic E-state index is 11.7. The summed E-state index contributed by atoms with van der Waals surface area (Å²) in [5.74, 6) is -0.0953. The van der Waals surface area contributed by atoms with Crippen LogP contribution in [0.25, 0.3) is 0 Å². The lowest BCUT2D eigenvalue weighted by Crippen LogP contribution is -2.49. The lowest BCUT2D eigenvalue weighted by atomic mass is 9.67. The van der Waals surface area contributed by atoms with Gasteiger partial charge in [0.25, 0.3) is 0 Å². The second-order valence-corrected chi connectivity index (χ2v) is 6.07. The molecule has 1 aliphatic carbocycles. The fourth-order valence-corrected chi connectivity index (χ4v) is 3.71. The molecule has 1 saturated carbocycles. The van der Waals surface area contributed by atoms with Gasteiger partial charge in [-0.2, -0.15) is 0 Å². The van der Waals surface area contributed by atoms with Crippen molar-refractivity contribution in [2.75, 3.05) is 13.1 Å². The van der Waals surface area contributed by atoms with E-state index >= 15 is 0 Å². The van der Waals surface area contributed by atoms with Crippen LogP contribution in [0.2, 0.25) is 0 Å². The average molecular weight is 239 g/mol. The Kier molecular flexibility index (Phi) is 3.76. The molecule has 0 spiro atoms. The lowest BCUT2D eigenvalue weighted by molar-refractivity contribution is -0.157. The molecule has 0 bridgehead atoms. The third-order valence-corrected chi connectivity index (χ3v) is 4.98. The van der Waals surface area contributed by atoms with Gasteiger partial charge in [0, 0.05) is 6.04 Å². The van der Waals surface area contributed by atoms with Crippen LogP contribution in [-0.4, -0.2) is 35.1 Å². The number of likely N-dealkylation sites (tertiary alicyclic amines) is 1. The summed E-state index contributed by atoms with van der Waals surface area (Å²) in [6.07, 6.45) is 6.43. The molecule has 3 nitrogen and oxygen atoms in total. The molecule has 3 heteroatoms. The third kappa shape index (κ3) is 2.35. The Hall–Kier alpha value is -0.570. The Bertz CT molecular complexity index is 274. The van der Waals surface area contributed by atoms with Gasteiger partial charge in [-0.05, 0) is 58.5 Å². The molecule has 98 valence electrons. The summed E-state index contributed by atoms with van der Waals surface area (Å²) in [5.41, 5.74) is -0.401. The van der Waals surface area contributed by atoms with E-state index in [0.717, 1.165) is 38.8 Å². The predicted molar refractivity (Wildman–Crippen MR) is 68.0 cm³/mol. The second kappa shape index (κ2) is 4.97. The van der Waals surface area contributed by atoms with Crippen LogP contribution in [0, 0.1) is 11.3 Å². The first-order chi connectivity index (χ1) is 8.06. The number of nitrogens with zero attached hydrogens (tertiary/aromatic N) is 1. The van der Waals surface area contributed by atoms with Crippen molar-refractivity contribution in [3.05, 3.63) is 0 Å². The Morgan fingerprint density at radius 1 is 1.24 bits per heavy atom. The Morgan fingerprint density at radius 3 is 2.18 bits per heavy atom. The molecule has 0 aromatic heterocycles. The van der Waals surface area contributed by atoms with Crippen molar-refractivity contribution in [2.45, 2.75) is 58.4 Å². The molecule has 2 fully saturated rings. The molecule has 2 rings (SSSR count). The maximum Gasteiger partial charge on any atom is 0.310 e. The molecule has 1 N–H and O–H groups in total. The highest BCUT2D eigenvalue weighted by Gasteiger charge is 2.48. The highest BCUT2D eigenvalue weighted by molar-refractivity contribution is 5.75. The summed E-state index contributed by atoms with van der Waals surface area (Å²) in [6.45, 7) is 6.31. The van der Waals surface area contributed by atoms with E-state index in [4.69, 9.17) is 0 Å². The summed E-state index contributed by atoms with van der Waals surface area (Å²) < 4.78 is 0. The molecule has 1 heterocycles. The molecular formula is C14H25NO2. The van der Waals surface area contributed by atoms with Gasteiger partial charge < -0.3 is 10.0 Å². The topological polar surface area (TPSA) is 40.5 Å². The summed E-state index contributed by atoms with van der Waals surface area (Å²) in [4.78, 5) is 14.1. The molecule has 0 atom stereocenters. The predicted octanol–water partition coefficient (Wildman–Crippen LogP) is 2.75. The number of aliphatic carboxylic acids is 1. The fraction of sp³-hybridized carbons (Fsp3) is 0.929. The smallest absolute Gasteiger partial charge is 0.310 e. The number of carboxylic acids is 1. The van der Waals surface area contributed by atoms with Crippen molar-refractivity contribution < 1.29 is 9.90 Å². The van der Waals surface area contributed by atoms with Gasteiger partial charge in [-0.25, -0.2) is 0 Å². The summed E-state index contributed by atoms with van der Waals surface area (Å²) in [7, 11) is 0. The molecule has 1 saturated heterocycles. The van der Waals surface area contributed by atoms with Crippen LogP contribution >= 0.6 is 0 Å². The monoisotopic (exact) mass is 239 g/mol. The molecule has 1 aliphatic heterocycles. The van der Waals surface area contributed by atoms with E-state index in [2.05, 4.69) is 18.7 Å². The summed E-state index contributed by atoms with van der Waals surface area (Å²) in [6, 6.07) is 0.547. The molecule has 0 unspecified atom stereocenters. The van der Waals surface area contributed by atoms with Gasteiger partial charge in [0.05, 0.1) is 5.41 Å². The first kappa shape index (κ1) is 12.9. The van der Waals surface area contributed by atoms with Gasteiger partial charge in [0.2, 0.25) is 0 Å². The molecule has 0 amide bonds. The first-order valence-electron chi connectivity index (χ1n) is 7.04. The van der Waals surface area contributed by atoms with Crippen molar-refractivity contribution in [1.82, 2.24) is 4.90 Å². The van der Waals surface area contributed by atoms with E-state index in [-0.39, 0.29) is 0 Å². The van der Waals surface area contributed by atoms with Crippen LogP contribution in [0.1, 0.15) is 52.4 Å². The minimum absolute atomic E-state index is 0.401. The van der Waals surface area contributed by atoms with E-state index in [1.807, 2.05) is 0 Å². The summed E-state index contributed by atoms with van der Waals surface area (Å²) in [5, 5.41) is 9.66. The van der Waals surface area contributed by atoms with Crippen molar-refractivity contribution >= 4 is 5.97 Å². The Balaban J connectivity index is 2.07. The van der Waals surface area contributed by atoms with Crippen LogP contribution in [0.3, 0.4) is 0 Å². The van der Waals surface area contributed by atoms with Crippen molar-refractivity contribution in [3.63, 3.8) is 0 Å². The zero-order valence-corrected chi connectivity index (χ0v) is 11.1. The molecule has 0 aromatic carbocycles. The quantitative estimate of drug-likeness (QED) is 0.823. The largest absolute Gasteiger partial charge is 0.481 e. The highest BCUT2D eigenvalue weighted by atomic mass is 16.4. The van der Waals surface area contributed by atoms with Crippen molar-refractivity contribution in [1.29, 1.82) is 0 Å². The van der Waals surface area contributed by atoms with Gasteiger partial charge in [-0.1, -0.05) is 12.8 Å². The van der Waals surface area contributed by atoms with E-state index in [1.165, 1.54) is 12.8 Å². The number of carboxylic acid groups (broad SMARTS) is 1. The van der Waals surface area contributed by atoms with E-state index in [0.29, 0.717) is 12.0 Å². The van der Waals surface area contributed by atoms with Crippen LogP contribution in [-0.2, 0) is 4.79 Å². The molecular weight excluding hydrogens is 214 g/mol. The maximum absolute atomic E-state index is 11.7. The number of hydrogen-bond donors (Lipinski definition) is 1. The summed E-state index contributed by atoms with van der Waals surface area (Å²) >= 11 is 0. The van der Waals surface area contributed by atoms with Gasteiger partial charge in [0.15, 0.2) is 0 Å².